The molecule has 0 bridgehead atoms. The second-order valence-electron chi connectivity index (χ2n) is 5.14. The standard InChI is InChI=1S/C10H14ClNO4S/c1-9(2)7-6(5-17(11,13)14)12-15-8(7)10(3,4)16-9/h5H2,1-4H3. The highest BCUT2D eigenvalue weighted by Crippen LogP contribution is 2.48. The molecule has 0 aromatic carbocycles. The number of rotatable bonds is 2. The van der Waals surface area contributed by atoms with Crippen molar-refractivity contribution >= 4 is 19.7 Å². The summed E-state index contributed by atoms with van der Waals surface area (Å²) in [5.41, 5.74) is -0.229. The summed E-state index contributed by atoms with van der Waals surface area (Å²) in [5, 5.41) is 3.80. The Labute approximate surface area is 104 Å². The lowest BCUT2D eigenvalue weighted by Crippen LogP contribution is -2.23. The third-order valence-electron chi connectivity index (χ3n) is 2.73. The van der Waals surface area contributed by atoms with E-state index >= 15 is 0 Å². The zero-order valence-electron chi connectivity index (χ0n) is 10.1. The molecule has 0 N–H and O–H groups in total. The largest absolute Gasteiger partial charge is 0.358 e. The summed E-state index contributed by atoms with van der Waals surface area (Å²) in [6, 6.07) is 0. The first-order chi connectivity index (χ1) is 7.53. The van der Waals surface area contributed by atoms with Gasteiger partial charge in [-0.15, -0.1) is 0 Å². The predicted molar refractivity (Wildman–Crippen MR) is 62.1 cm³/mol. The quantitative estimate of drug-likeness (QED) is 0.777. The first-order valence-electron chi connectivity index (χ1n) is 5.15. The number of aromatic nitrogens is 1. The summed E-state index contributed by atoms with van der Waals surface area (Å²) in [7, 11) is 1.58. The van der Waals surface area contributed by atoms with Gasteiger partial charge >= 0.3 is 0 Å². The Morgan fingerprint density at radius 1 is 1.24 bits per heavy atom. The Balaban J connectivity index is 2.55. The Morgan fingerprint density at radius 3 is 2.35 bits per heavy atom. The van der Waals surface area contributed by atoms with Gasteiger partial charge in [-0.1, -0.05) is 5.16 Å². The molecule has 1 aliphatic rings. The topological polar surface area (TPSA) is 69.4 Å². The van der Waals surface area contributed by atoms with Crippen LogP contribution in [0.15, 0.2) is 4.52 Å². The summed E-state index contributed by atoms with van der Waals surface area (Å²) in [5.74, 6) is 0.216. The van der Waals surface area contributed by atoms with Gasteiger partial charge in [0.1, 0.15) is 17.0 Å². The van der Waals surface area contributed by atoms with E-state index in [1.54, 1.807) is 0 Å². The van der Waals surface area contributed by atoms with Gasteiger partial charge in [0.2, 0.25) is 9.05 Å². The molecule has 0 spiro atoms. The fourth-order valence-electron chi connectivity index (χ4n) is 2.35. The molecule has 0 atom stereocenters. The average Bonchev–Trinajstić information content (AvgIpc) is 2.49. The lowest BCUT2D eigenvalue weighted by molar-refractivity contribution is -0.114. The van der Waals surface area contributed by atoms with Crippen LogP contribution in [0.3, 0.4) is 0 Å². The van der Waals surface area contributed by atoms with Crippen LogP contribution >= 0.6 is 10.7 Å². The highest BCUT2D eigenvalue weighted by atomic mass is 35.7. The number of halogens is 1. The molecule has 1 aromatic heterocycles. The third-order valence-corrected chi connectivity index (χ3v) is 3.68. The molecule has 7 heteroatoms. The summed E-state index contributed by atoms with van der Waals surface area (Å²) in [4.78, 5) is 0. The molecule has 2 heterocycles. The third kappa shape index (κ3) is 2.21. The maximum absolute atomic E-state index is 11.1. The Bertz CT molecular complexity index is 559. The molecule has 1 aromatic rings. The van der Waals surface area contributed by atoms with Crippen LogP contribution in [0, 0.1) is 0 Å². The molecular formula is C10H14ClNO4S. The van der Waals surface area contributed by atoms with Crippen LogP contribution in [-0.2, 0) is 30.7 Å². The smallest absolute Gasteiger partial charge is 0.238 e. The summed E-state index contributed by atoms with van der Waals surface area (Å²) >= 11 is 0. The van der Waals surface area contributed by atoms with Gasteiger partial charge in [-0.3, -0.25) is 0 Å². The van der Waals surface area contributed by atoms with Crippen molar-refractivity contribution in [2.24, 2.45) is 0 Å². The molecule has 0 unspecified atom stereocenters. The Kier molecular flexibility index (Phi) is 2.62. The maximum Gasteiger partial charge on any atom is 0.238 e. The van der Waals surface area contributed by atoms with Crippen LogP contribution in [0.25, 0.3) is 0 Å². The molecule has 17 heavy (non-hydrogen) atoms. The van der Waals surface area contributed by atoms with E-state index < -0.39 is 20.3 Å². The first kappa shape index (κ1) is 12.9. The van der Waals surface area contributed by atoms with Gasteiger partial charge in [0, 0.05) is 10.7 Å². The molecule has 2 rings (SSSR count). The molecule has 1 aliphatic heterocycles. The van der Waals surface area contributed by atoms with Crippen LogP contribution in [0.2, 0.25) is 0 Å². The van der Waals surface area contributed by atoms with Crippen molar-refractivity contribution < 1.29 is 17.7 Å². The van der Waals surface area contributed by atoms with E-state index in [4.69, 9.17) is 19.9 Å². The summed E-state index contributed by atoms with van der Waals surface area (Å²) in [6.45, 7) is 7.40. The van der Waals surface area contributed by atoms with Crippen LogP contribution < -0.4 is 0 Å². The van der Waals surface area contributed by atoms with Crippen molar-refractivity contribution in [3.05, 3.63) is 17.0 Å². The molecule has 0 radical (unpaired) electrons. The number of hydrogen-bond donors (Lipinski definition) is 0. The SMILES string of the molecule is CC1(C)OC(C)(C)c2c(CS(=O)(=O)Cl)noc21. The van der Waals surface area contributed by atoms with Crippen LogP contribution in [0.1, 0.15) is 44.7 Å². The number of nitrogens with zero attached hydrogens (tertiary/aromatic N) is 1. The zero-order valence-corrected chi connectivity index (χ0v) is 11.6. The van der Waals surface area contributed by atoms with E-state index in [0.29, 0.717) is 17.0 Å². The number of ether oxygens (including phenoxy) is 1. The van der Waals surface area contributed by atoms with Gasteiger partial charge in [0.15, 0.2) is 5.76 Å². The molecule has 0 saturated carbocycles. The summed E-state index contributed by atoms with van der Waals surface area (Å²) < 4.78 is 33.3. The minimum Gasteiger partial charge on any atom is -0.358 e. The second kappa shape index (κ2) is 3.46. The van der Waals surface area contributed by atoms with Crippen molar-refractivity contribution in [1.29, 1.82) is 0 Å². The predicted octanol–water partition coefficient (Wildman–Crippen LogP) is 2.24. The lowest BCUT2D eigenvalue weighted by atomic mass is 9.96. The van der Waals surface area contributed by atoms with Crippen molar-refractivity contribution in [3.8, 4) is 0 Å². The minimum absolute atomic E-state index is 0.325. The highest BCUT2D eigenvalue weighted by Gasteiger charge is 2.49. The van der Waals surface area contributed by atoms with Gasteiger partial charge in [0.25, 0.3) is 0 Å². The molecule has 96 valence electrons. The average molecular weight is 280 g/mol. The minimum atomic E-state index is -3.66. The molecule has 5 nitrogen and oxygen atoms in total. The lowest BCUT2D eigenvalue weighted by Gasteiger charge is -2.24. The second-order valence-corrected chi connectivity index (χ2v) is 7.92. The zero-order chi connectivity index (χ0) is 13.1. The monoisotopic (exact) mass is 279 g/mol. The first-order valence-corrected chi connectivity index (χ1v) is 7.63. The van der Waals surface area contributed by atoms with Crippen molar-refractivity contribution in [3.63, 3.8) is 0 Å². The summed E-state index contributed by atoms with van der Waals surface area (Å²) in [6.07, 6.45) is 0. The highest BCUT2D eigenvalue weighted by molar-refractivity contribution is 8.13. The fraction of sp³-hybridized carbons (Fsp3) is 0.700. The Morgan fingerprint density at radius 2 is 1.82 bits per heavy atom. The number of hydrogen-bond acceptors (Lipinski definition) is 5. The van der Waals surface area contributed by atoms with Gasteiger partial charge in [-0.2, -0.15) is 0 Å². The van der Waals surface area contributed by atoms with Crippen LogP contribution in [-0.4, -0.2) is 13.6 Å². The van der Waals surface area contributed by atoms with Crippen molar-refractivity contribution in [1.82, 2.24) is 5.16 Å². The van der Waals surface area contributed by atoms with E-state index in [-0.39, 0.29) is 5.75 Å². The van der Waals surface area contributed by atoms with Crippen molar-refractivity contribution in [2.75, 3.05) is 0 Å². The van der Waals surface area contributed by atoms with E-state index in [1.807, 2.05) is 27.7 Å². The fourth-order valence-corrected chi connectivity index (χ4v) is 3.19. The van der Waals surface area contributed by atoms with E-state index in [9.17, 15) is 8.42 Å². The van der Waals surface area contributed by atoms with E-state index in [2.05, 4.69) is 5.16 Å². The Hall–Kier alpha value is -0.590. The van der Waals surface area contributed by atoms with Gasteiger partial charge < -0.3 is 9.26 Å². The van der Waals surface area contributed by atoms with Gasteiger partial charge in [-0.05, 0) is 27.7 Å². The number of fused-ring (bicyclic) bond motifs is 1. The van der Waals surface area contributed by atoms with E-state index in [1.165, 1.54) is 0 Å². The molecule has 0 amide bonds. The molecular weight excluding hydrogens is 266 g/mol. The van der Waals surface area contributed by atoms with Gasteiger partial charge in [-0.25, -0.2) is 8.42 Å². The molecule has 0 fully saturated rings. The van der Waals surface area contributed by atoms with Crippen LogP contribution in [0.4, 0.5) is 0 Å². The maximum atomic E-state index is 11.1. The normalized spacial score (nSPS) is 21.5. The van der Waals surface area contributed by atoms with Crippen LogP contribution in [0.5, 0.6) is 0 Å². The van der Waals surface area contributed by atoms with Gasteiger partial charge in [0.05, 0.1) is 11.2 Å². The van der Waals surface area contributed by atoms with E-state index in [0.717, 1.165) is 0 Å². The molecule has 0 aliphatic carbocycles. The molecule has 0 saturated heterocycles. The van der Waals surface area contributed by atoms with Crippen molar-refractivity contribution in [2.45, 2.75) is 44.6 Å².